The number of hydrogen-bond donors (Lipinski definition) is 0. The van der Waals surface area contributed by atoms with Gasteiger partial charge in [0, 0.05) is 5.56 Å². The Kier molecular flexibility index (Phi) is 3.13. The van der Waals surface area contributed by atoms with Crippen molar-refractivity contribution in [1.29, 1.82) is 0 Å². The van der Waals surface area contributed by atoms with Gasteiger partial charge in [-0.2, -0.15) is 0 Å². The maximum Gasteiger partial charge on any atom is 0.195 e. The predicted octanol–water partition coefficient (Wildman–Crippen LogP) is 3.40. The fraction of sp³-hybridized carbons (Fsp3) is 0.188. The van der Waals surface area contributed by atoms with Crippen molar-refractivity contribution in [3.8, 4) is 0 Å². The number of epoxide rings is 1. The molecule has 0 N–H and O–H groups in total. The lowest BCUT2D eigenvalue weighted by molar-refractivity contribution is 0.0953. The molecule has 1 saturated heterocycles. The van der Waals surface area contributed by atoms with Gasteiger partial charge in [-0.05, 0) is 5.56 Å². The van der Waals surface area contributed by atoms with Crippen LogP contribution in [0.3, 0.4) is 0 Å². The van der Waals surface area contributed by atoms with Crippen LogP contribution < -0.4 is 0 Å². The van der Waals surface area contributed by atoms with Crippen LogP contribution in [-0.2, 0) is 10.3 Å². The number of rotatable bonds is 4. The molecule has 2 aromatic rings. The van der Waals surface area contributed by atoms with Gasteiger partial charge in [0.05, 0.1) is 5.88 Å². The Bertz CT molecular complexity index is 582. The fourth-order valence-corrected chi connectivity index (χ4v) is 2.67. The molecule has 0 radical (unpaired) electrons. The molecule has 0 bridgehead atoms. The van der Waals surface area contributed by atoms with Crippen molar-refractivity contribution in [2.75, 3.05) is 5.88 Å². The van der Waals surface area contributed by atoms with Crippen molar-refractivity contribution in [2.45, 2.75) is 11.7 Å². The topological polar surface area (TPSA) is 29.6 Å². The van der Waals surface area contributed by atoms with E-state index in [1.807, 2.05) is 48.5 Å². The van der Waals surface area contributed by atoms with Gasteiger partial charge in [-0.1, -0.05) is 60.7 Å². The molecule has 3 heteroatoms. The van der Waals surface area contributed by atoms with Crippen LogP contribution in [0.25, 0.3) is 0 Å². The molecule has 96 valence electrons. The molecule has 0 aliphatic carbocycles. The molecule has 1 fully saturated rings. The lowest BCUT2D eigenvalue weighted by Crippen LogP contribution is -2.21. The van der Waals surface area contributed by atoms with Crippen molar-refractivity contribution >= 4 is 17.4 Å². The Morgan fingerprint density at radius 3 is 2.21 bits per heavy atom. The zero-order chi connectivity index (χ0) is 13.3. The van der Waals surface area contributed by atoms with E-state index in [1.165, 1.54) is 0 Å². The number of ketones is 1. The molecule has 2 unspecified atom stereocenters. The zero-order valence-corrected chi connectivity index (χ0v) is 11.0. The second kappa shape index (κ2) is 4.80. The maximum atomic E-state index is 12.4. The number of Topliss-reactive ketones (excluding diaryl/α,β-unsaturated/α-hetero) is 1. The summed E-state index contributed by atoms with van der Waals surface area (Å²) >= 11 is 6.04. The summed E-state index contributed by atoms with van der Waals surface area (Å²) in [4.78, 5) is 12.4. The van der Waals surface area contributed by atoms with Crippen LogP contribution in [0.5, 0.6) is 0 Å². The van der Waals surface area contributed by atoms with E-state index < -0.39 is 11.7 Å². The minimum absolute atomic E-state index is 0.00916. The molecule has 0 aromatic heterocycles. The minimum atomic E-state index is -0.657. The van der Waals surface area contributed by atoms with E-state index in [9.17, 15) is 4.79 Å². The first-order valence-corrected chi connectivity index (χ1v) is 6.70. The summed E-state index contributed by atoms with van der Waals surface area (Å²) in [5.74, 6) is 0.269. The third-order valence-electron chi connectivity index (χ3n) is 3.45. The summed E-state index contributed by atoms with van der Waals surface area (Å²) in [6.07, 6.45) is -0.477. The van der Waals surface area contributed by atoms with Crippen molar-refractivity contribution in [1.82, 2.24) is 0 Å². The molecule has 3 rings (SSSR count). The number of carbonyl (C=O) groups is 1. The van der Waals surface area contributed by atoms with E-state index >= 15 is 0 Å². The van der Waals surface area contributed by atoms with Crippen LogP contribution in [0, 0.1) is 0 Å². The molecular formula is C16H13ClO2. The Morgan fingerprint density at radius 1 is 1.05 bits per heavy atom. The summed E-state index contributed by atoms with van der Waals surface area (Å²) in [7, 11) is 0. The number of halogens is 1. The minimum Gasteiger partial charge on any atom is -0.351 e. The van der Waals surface area contributed by atoms with Crippen molar-refractivity contribution < 1.29 is 9.53 Å². The van der Waals surface area contributed by atoms with Crippen LogP contribution >= 0.6 is 11.6 Å². The van der Waals surface area contributed by atoms with E-state index in [2.05, 4.69) is 0 Å². The zero-order valence-electron chi connectivity index (χ0n) is 10.3. The first-order chi connectivity index (χ1) is 9.28. The number of hydrogen-bond acceptors (Lipinski definition) is 2. The number of carbonyl (C=O) groups excluding carboxylic acids is 1. The Labute approximate surface area is 117 Å². The third kappa shape index (κ3) is 2.07. The first kappa shape index (κ1) is 12.4. The monoisotopic (exact) mass is 272 g/mol. The lowest BCUT2D eigenvalue weighted by atomic mass is 9.93. The van der Waals surface area contributed by atoms with Crippen LogP contribution in [0.4, 0.5) is 0 Å². The normalized spacial score (nSPS) is 25.0. The smallest absolute Gasteiger partial charge is 0.195 e. The van der Waals surface area contributed by atoms with Crippen molar-refractivity contribution in [3.63, 3.8) is 0 Å². The largest absolute Gasteiger partial charge is 0.351 e. The van der Waals surface area contributed by atoms with Gasteiger partial charge in [-0.3, -0.25) is 4.79 Å². The predicted molar refractivity (Wildman–Crippen MR) is 74.5 cm³/mol. The second-order valence-electron chi connectivity index (χ2n) is 4.62. The van der Waals surface area contributed by atoms with Gasteiger partial charge in [0.25, 0.3) is 0 Å². The van der Waals surface area contributed by atoms with Crippen LogP contribution in [0.1, 0.15) is 15.9 Å². The van der Waals surface area contributed by atoms with E-state index in [0.717, 1.165) is 5.56 Å². The average Bonchev–Trinajstić information content (AvgIpc) is 3.24. The van der Waals surface area contributed by atoms with Gasteiger partial charge in [0.15, 0.2) is 11.9 Å². The molecule has 0 saturated carbocycles. The van der Waals surface area contributed by atoms with Crippen LogP contribution in [0.15, 0.2) is 60.7 Å². The molecule has 0 amide bonds. The Balaban J connectivity index is 1.88. The number of alkyl halides is 1. The Hall–Kier alpha value is -1.64. The molecule has 1 heterocycles. The third-order valence-corrected chi connectivity index (χ3v) is 3.85. The molecular weight excluding hydrogens is 260 g/mol. The summed E-state index contributed by atoms with van der Waals surface area (Å²) in [5.41, 5.74) is 0.963. The second-order valence-corrected chi connectivity index (χ2v) is 4.88. The van der Waals surface area contributed by atoms with Gasteiger partial charge in [0.2, 0.25) is 0 Å². The molecule has 19 heavy (non-hydrogen) atoms. The number of benzene rings is 2. The van der Waals surface area contributed by atoms with Gasteiger partial charge in [-0.15, -0.1) is 11.6 Å². The summed E-state index contributed by atoms with van der Waals surface area (Å²) < 4.78 is 5.67. The van der Waals surface area contributed by atoms with E-state index in [-0.39, 0.29) is 11.7 Å². The molecule has 2 aromatic carbocycles. The van der Waals surface area contributed by atoms with E-state index in [1.54, 1.807) is 12.1 Å². The van der Waals surface area contributed by atoms with E-state index in [0.29, 0.717) is 5.56 Å². The van der Waals surface area contributed by atoms with Crippen LogP contribution in [-0.4, -0.2) is 17.8 Å². The van der Waals surface area contributed by atoms with E-state index in [4.69, 9.17) is 16.3 Å². The highest BCUT2D eigenvalue weighted by Crippen LogP contribution is 2.48. The van der Waals surface area contributed by atoms with Crippen molar-refractivity contribution in [2.24, 2.45) is 0 Å². The summed E-state index contributed by atoms with van der Waals surface area (Å²) in [6.45, 7) is 0. The van der Waals surface area contributed by atoms with Gasteiger partial charge < -0.3 is 4.74 Å². The first-order valence-electron chi connectivity index (χ1n) is 6.16. The number of ether oxygens (including phenoxy) is 1. The average molecular weight is 273 g/mol. The van der Waals surface area contributed by atoms with Crippen LogP contribution in [0.2, 0.25) is 0 Å². The summed E-state index contributed by atoms with van der Waals surface area (Å²) in [6, 6.07) is 18.9. The van der Waals surface area contributed by atoms with Gasteiger partial charge in [-0.25, -0.2) is 0 Å². The highest BCUT2D eigenvalue weighted by Gasteiger charge is 2.61. The molecule has 1 aliphatic heterocycles. The quantitative estimate of drug-likeness (QED) is 0.485. The highest BCUT2D eigenvalue weighted by atomic mass is 35.5. The van der Waals surface area contributed by atoms with Gasteiger partial charge in [0.1, 0.15) is 5.60 Å². The maximum absolute atomic E-state index is 12.4. The van der Waals surface area contributed by atoms with Crippen molar-refractivity contribution in [3.05, 3.63) is 71.8 Å². The highest BCUT2D eigenvalue weighted by molar-refractivity contribution is 6.19. The fourth-order valence-electron chi connectivity index (χ4n) is 2.31. The standard InChI is InChI=1S/C16H13ClO2/c17-11-16(13-9-5-2-6-10-13)15(19-16)14(18)12-7-3-1-4-8-12/h1-10,15H,11H2. The summed E-state index contributed by atoms with van der Waals surface area (Å²) in [5, 5.41) is 0. The SMILES string of the molecule is O=C(c1ccccc1)C1OC1(CCl)c1ccccc1. The molecule has 2 nitrogen and oxygen atoms in total. The Morgan fingerprint density at radius 2 is 1.63 bits per heavy atom. The molecule has 1 aliphatic rings. The molecule has 0 spiro atoms. The lowest BCUT2D eigenvalue weighted by Gasteiger charge is -2.09. The van der Waals surface area contributed by atoms with Gasteiger partial charge >= 0.3 is 0 Å². The molecule has 2 atom stereocenters.